The van der Waals surface area contributed by atoms with Gasteiger partial charge in [-0.25, -0.2) is 9.89 Å². The van der Waals surface area contributed by atoms with Crippen molar-refractivity contribution in [1.29, 1.82) is 0 Å². The molecule has 0 spiro atoms. The number of benzene rings is 1. The van der Waals surface area contributed by atoms with Gasteiger partial charge in [-0.05, 0) is 40.5 Å². The summed E-state index contributed by atoms with van der Waals surface area (Å²) in [6.07, 6.45) is 4.27. The zero-order chi connectivity index (χ0) is 21.8. The van der Waals surface area contributed by atoms with Gasteiger partial charge in [-0.3, -0.25) is 14.1 Å². The van der Waals surface area contributed by atoms with Crippen LogP contribution in [0.25, 0.3) is 22.6 Å². The number of rotatable bonds is 8. The van der Waals surface area contributed by atoms with Crippen LogP contribution in [0.3, 0.4) is 0 Å². The summed E-state index contributed by atoms with van der Waals surface area (Å²) in [5.74, 6) is 0.516. The van der Waals surface area contributed by atoms with Crippen molar-refractivity contribution < 1.29 is 0 Å². The Hall–Kier alpha value is -3.26. The summed E-state index contributed by atoms with van der Waals surface area (Å²) in [6, 6.07) is 12.0. The number of hydrogen-bond donors (Lipinski definition) is 1. The zero-order valence-electron chi connectivity index (χ0n) is 17.5. The molecule has 31 heavy (non-hydrogen) atoms. The molecular weight excluding hydrogens is 414 g/mol. The first-order chi connectivity index (χ1) is 15.1. The minimum atomic E-state index is -0.0493. The molecule has 0 bridgehead atoms. The van der Waals surface area contributed by atoms with Crippen molar-refractivity contribution in [2.24, 2.45) is 0 Å². The normalized spacial score (nSPS) is 11.2. The number of aromatic amines is 1. The fourth-order valence-corrected chi connectivity index (χ4v) is 4.08. The van der Waals surface area contributed by atoms with E-state index in [1.165, 1.54) is 0 Å². The second-order valence-electron chi connectivity index (χ2n) is 7.35. The number of nitrogens with zero attached hydrogens (tertiary/aromatic N) is 6. The van der Waals surface area contributed by atoms with Crippen molar-refractivity contribution in [3.63, 3.8) is 0 Å². The molecule has 0 aliphatic carbocycles. The monoisotopic (exact) mass is 437 g/mol. The Balaban J connectivity index is 1.66. The molecule has 4 aromatic rings. The molecule has 8 nitrogen and oxygen atoms in total. The Morgan fingerprint density at radius 2 is 1.87 bits per heavy atom. The highest BCUT2D eigenvalue weighted by molar-refractivity contribution is 6.30. The van der Waals surface area contributed by atoms with E-state index < -0.39 is 0 Å². The standard InChI is InChI=1S/C22H24ClN7O/c1-3-6-18-20(23)29(13-4-2)22(31)30(18)14-15-8-10-16(11-9-15)17-7-5-12-24-19(17)21-25-27-28-26-21/h5,7-12H,3-4,6,13-14H2,1-2H3,(H,25,26,27,28). The van der Waals surface area contributed by atoms with Crippen LogP contribution in [0.4, 0.5) is 0 Å². The van der Waals surface area contributed by atoms with Crippen LogP contribution in [0, 0.1) is 0 Å². The Morgan fingerprint density at radius 3 is 2.55 bits per heavy atom. The molecule has 0 radical (unpaired) electrons. The maximum Gasteiger partial charge on any atom is 0.329 e. The molecule has 4 rings (SSSR count). The largest absolute Gasteiger partial charge is 0.329 e. The quantitative estimate of drug-likeness (QED) is 0.450. The second kappa shape index (κ2) is 9.26. The molecule has 9 heteroatoms. The SMILES string of the molecule is CCCc1c(Cl)n(CCC)c(=O)n1Cc1ccc(-c2cccnc2-c2nnn[nH]2)cc1. The van der Waals surface area contributed by atoms with E-state index in [4.69, 9.17) is 11.6 Å². The van der Waals surface area contributed by atoms with Crippen molar-refractivity contribution in [3.05, 3.63) is 69.5 Å². The number of H-pyrrole nitrogens is 1. The van der Waals surface area contributed by atoms with Gasteiger partial charge in [0.1, 0.15) is 10.8 Å². The summed E-state index contributed by atoms with van der Waals surface area (Å²) in [5, 5.41) is 14.6. The summed E-state index contributed by atoms with van der Waals surface area (Å²) in [6.45, 7) is 5.24. The van der Waals surface area contributed by atoms with Gasteiger partial charge in [-0.1, -0.05) is 62.2 Å². The minimum Gasteiger partial charge on any atom is -0.290 e. The van der Waals surface area contributed by atoms with Crippen LogP contribution in [-0.4, -0.2) is 34.7 Å². The molecule has 1 aromatic carbocycles. The lowest BCUT2D eigenvalue weighted by molar-refractivity contribution is 0.619. The van der Waals surface area contributed by atoms with E-state index in [1.54, 1.807) is 15.3 Å². The zero-order valence-corrected chi connectivity index (χ0v) is 18.3. The molecule has 0 saturated carbocycles. The van der Waals surface area contributed by atoms with E-state index in [9.17, 15) is 4.79 Å². The summed E-state index contributed by atoms with van der Waals surface area (Å²) in [7, 11) is 0. The number of halogens is 1. The van der Waals surface area contributed by atoms with Crippen LogP contribution < -0.4 is 5.69 Å². The topological polar surface area (TPSA) is 94.3 Å². The van der Waals surface area contributed by atoms with Crippen LogP contribution in [0.1, 0.15) is 37.9 Å². The fourth-order valence-electron chi connectivity index (χ4n) is 3.73. The van der Waals surface area contributed by atoms with E-state index in [0.717, 1.165) is 41.6 Å². The highest BCUT2D eigenvalue weighted by Gasteiger charge is 2.18. The summed E-state index contributed by atoms with van der Waals surface area (Å²) < 4.78 is 3.47. The molecule has 0 aliphatic heterocycles. The summed E-state index contributed by atoms with van der Waals surface area (Å²) in [4.78, 5) is 17.4. The van der Waals surface area contributed by atoms with Gasteiger partial charge in [-0.15, -0.1) is 5.10 Å². The first-order valence-corrected chi connectivity index (χ1v) is 10.8. The highest BCUT2D eigenvalue weighted by Crippen LogP contribution is 2.28. The van der Waals surface area contributed by atoms with Crippen LogP contribution in [-0.2, 0) is 19.5 Å². The lowest BCUT2D eigenvalue weighted by atomic mass is 10.0. The minimum absolute atomic E-state index is 0.0493. The van der Waals surface area contributed by atoms with Crippen molar-refractivity contribution in [3.8, 4) is 22.6 Å². The van der Waals surface area contributed by atoms with Gasteiger partial charge < -0.3 is 0 Å². The average Bonchev–Trinajstić information content (AvgIpc) is 3.40. The molecule has 0 atom stereocenters. The summed E-state index contributed by atoms with van der Waals surface area (Å²) in [5.41, 5.74) is 4.48. The van der Waals surface area contributed by atoms with Crippen LogP contribution in [0.5, 0.6) is 0 Å². The second-order valence-corrected chi connectivity index (χ2v) is 7.71. The molecule has 1 N–H and O–H groups in total. The highest BCUT2D eigenvalue weighted by atomic mass is 35.5. The van der Waals surface area contributed by atoms with Gasteiger partial charge >= 0.3 is 5.69 Å². The van der Waals surface area contributed by atoms with Gasteiger partial charge in [0.15, 0.2) is 5.82 Å². The molecule has 3 aromatic heterocycles. The van der Waals surface area contributed by atoms with Crippen molar-refractivity contribution in [2.45, 2.75) is 46.2 Å². The maximum absolute atomic E-state index is 13.0. The van der Waals surface area contributed by atoms with Crippen LogP contribution in [0.2, 0.25) is 5.15 Å². The number of imidazole rings is 1. The van der Waals surface area contributed by atoms with E-state index in [0.29, 0.717) is 29.8 Å². The van der Waals surface area contributed by atoms with E-state index in [-0.39, 0.29) is 5.69 Å². The third-order valence-corrected chi connectivity index (χ3v) is 5.60. The van der Waals surface area contributed by atoms with Gasteiger partial charge in [-0.2, -0.15) is 0 Å². The van der Waals surface area contributed by atoms with Crippen molar-refractivity contribution in [2.75, 3.05) is 0 Å². The molecule has 0 saturated heterocycles. The molecule has 0 amide bonds. The molecule has 3 heterocycles. The molecule has 0 aliphatic rings. The predicted molar refractivity (Wildman–Crippen MR) is 120 cm³/mol. The van der Waals surface area contributed by atoms with Crippen molar-refractivity contribution >= 4 is 11.6 Å². The third-order valence-electron chi connectivity index (χ3n) is 5.18. The van der Waals surface area contributed by atoms with Gasteiger partial charge in [0.25, 0.3) is 0 Å². The fraction of sp³-hybridized carbons (Fsp3) is 0.318. The lowest BCUT2D eigenvalue weighted by Gasteiger charge is -2.09. The number of tetrazole rings is 1. The average molecular weight is 438 g/mol. The predicted octanol–water partition coefficient (Wildman–Crippen LogP) is 3.96. The number of hydrogen-bond acceptors (Lipinski definition) is 5. The molecule has 160 valence electrons. The molecule has 0 unspecified atom stereocenters. The maximum atomic E-state index is 13.0. The Kier molecular flexibility index (Phi) is 6.27. The molecule has 0 fully saturated rings. The van der Waals surface area contributed by atoms with E-state index in [2.05, 4.69) is 32.5 Å². The van der Waals surface area contributed by atoms with Crippen molar-refractivity contribution in [1.82, 2.24) is 34.7 Å². The number of aromatic nitrogens is 7. The smallest absolute Gasteiger partial charge is 0.290 e. The van der Waals surface area contributed by atoms with Gasteiger partial charge in [0.05, 0.1) is 12.2 Å². The Morgan fingerprint density at radius 1 is 1.06 bits per heavy atom. The number of nitrogens with one attached hydrogen (secondary N) is 1. The first-order valence-electron chi connectivity index (χ1n) is 10.4. The summed E-state index contributed by atoms with van der Waals surface area (Å²) >= 11 is 6.55. The third kappa shape index (κ3) is 4.16. The van der Waals surface area contributed by atoms with Crippen LogP contribution >= 0.6 is 11.6 Å². The lowest BCUT2D eigenvalue weighted by Crippen LogP contribution is -2.25. The van der Waals surface area contributed by atoms with Gasteiger partial charge in [0, 0.05) is 18.3 Å². The Bertz CT molecular complexity index is 1210. The van der Waals surface area contributed by atoms with E-state index >= 15 is 0 Å². The van der Waals surface area contributed by atoms with Gasteiger partial charge in [0.2, 0.25) is 0 Å². The first kappa shape index (κ1) is 21.0. The number of pyridine rings is 1. The Labute approximate surface area is 184 Å². The van der Waals surface area contributed by atoms with Crippen LogP contribution in [0.15, 0.2) is 47.4 Å². The molecular formula is C22H24ClN7O. The van der Waals surface area contributed by atoms with E-state index in [1.807, 2.05) is 43.3 Å².